The Morgan fingerprint density at radius 3 is 1.97 bits per heavy atom. The van der Waals surface area contributed by atoms with Crippen LogP contribution < -0.4 is 14.8 Å². The van der Waals surface area contributed by atoms with Crippen LogP contribution in [0.15, 0.2) is 101 Å². The number of amides is 1. The first-order chi connectivity index (χ1) is 17.9. The number of carbonyl (C=O) groups is 1. The molecule has 0 atom stereocenters. The number of hydrogen-bond acceptors (Lipinski definition) is 5. The topological polar surface area (TPSA) is 121 Å². The SMILES string of the molecule is Cc1cccc(NS(=O)(=O)c2cc(C(=O)Nc3ccc(S(=O)(=O)Nc4cccc(Cl)c4)cc3)ccc2Cl)c1. The smallest absolute Gasteiger partial charge is 0.263 e. The molecular formula is C26H21Cl2N3O5S2. The molecular weight excluding hydrogens is 569 g/mol. The van der Waals surface area contributed by atoms with E-state index in [1.165, 1.54) is 48.5 Å². The highest BCUT2D eigenvalue weighted by molar-refractivity contribution is 7.93. The summed E-state index contributed by atoms with van der Waals surface area (Å²) < 4.78 is 56.1. The van der Waals surface area contributed by atoms with Crippen molar-refractivity contribution in [2.24, 2.45) is 0 Å². The van der Waals surface area contributed by atoms with Crippen LogP contribution in [0, 0.1) is 6.92 Å². The van der Waals surface area contributed by atoms with Gasteiger partial charge in [0.15, 0.2) is 0 Å². The first kappa shape index (κ1) is 27.5. The minimum Gasteiger partial charge on any atom is -0.322 e. The summed E-state index contributed by atoms with van der Waals surface area (Å²) in [5.41, 5.74) is 1.87. The Balaban J connectivity index is 1.50. The number of sulfonamides is 2. The predicted molar refractivity (Wildman–Crippen MR) is 150 cm³/mol. The fourth-order valence-electron chi connectivity index (χ4n) is 3.46. The largest absolute Gasteiger partial charge is 0.322 e. The standard InChI is InChI=1S/C26H21Cl2N3O5S2/c1-17-4-2-6-21(14-17)31-38(35,36)25-15-18(8-13-24(25)28)26(32)29-20-9-11-23(12-10-20)37(33,34)30-22-7-3-5-19(27)16-22/h2-16,30-31H,1H3,(H,29,32). The lowest BCUT2D eigenvalue weighted by Crippen LogP contribution is -2.17. The maximum Gasteiger partial charge on any atom is 0.263 e. The van der Waals surface area contributed by atoms with Crippen LogP contribution in [0.3, 0.4) is 0 Å². The number of aryl methyl sites for hydroxylation is 1. The van der Waals surface area contributed by atoms with E-state index in [9.17, 15) is 21.6 Å². The third-order valence-corrected chi connectivity index (χ3v) is 8.75. The fraction of sp³-hybridized carbons (Fsp3) is 0.0385. The molecule has 4 aromatic carbocycles. The van der Waals surface area contributed by atoms with E-state index >= 15 is 0 Å². The van der Waals surface area contributed by atoms with Gasteiger partial charge in [-0.1, -0.05) is 41.4 Å². The van der Waals surface area contributed by atoms with Crippen molar-refractivity contribution in [3.8, 4) is 0 Å². The van der Waals surface area contributed by atoms with E-state index in [4.69, 9.17) is 23.2 Å². The maximum absolute atomic E-state index is 13.0. The zero-order valence-corrected chi connectivity index (χ0v) is 22.9. The molecule has 4 aromatic rings. The first-order valence-corrected chi connectivity index (χ1v) is 14.7. The van der Waals surface area contributed by atoms with Gasteiger partial charge in [0.1, 0.15) is 4.90 Å². The second kappa shape index (κ2) is 11.0. The molecule has 196 valence electrons. The van der Waals surface area contributed by atoms with Crippen molar-refractivity contribution in [2.75, 3.05) is 14.8 Å². The predicted octanol–water partition coefficient (Wildman–Crippen LogP) is 6.16. The highest BCUT2D eigenvalue weighted by Crippen LogP contribution is 2.26. The zero-order chi connectivity index (χ0) is 27.5. The lowest BCUT2D eigenvalue weighted by molar-refractivity contribution is 0.102. The number of halogens is 2. The van der Waals surface area contributed by atoms with Crippen LogP contribution >= 0.6 is 23.2 Å². The van der Waals surface area contributed by atoms with Crippen molar-refractivity contribution in [1.82, 2.24) is 0 Å². The van der Waals surface area contributed by atoms with Crippen LogP contribution in [-0.4, -0.2) is 22.7 Å². The highest BCUT2D eigenvalue weighted by Gasteiger charge is 2.21. The van der Waals surface area contributed by atoms with Crippen molar-refractivity contribution in [3.63, 3.8) is 0 Å². The van der Waals surface area contributed by atoms with Gasteiger partial charge in [0, 0.05) is 22.0 Å². The summed E-state index contributed by atoms with van der Waals surface area (Å²) in [6, 6.07) is 22.4. The molecule has 1 amide bonds. The summed E-state index contributed by atoms with van der Waals surface area (Å²) in [6.45, 7) is 1.83. The Labute approximate surface area is 230 Å². The Kier molecular flexibility index (Phi) is 7.98. The van der Waals surface area contributed by atoms with Crippen LogP contribution in [0.1, 0.15) is 15.9 Å². The second-order valence-corrected chi connectivity index (χ2v) is 12.4. The van der Waals surface area contributed by atoms with Crippen molar-refractivity contribution in [2.45, 2.75) is 16.7 Å². The van der Waals surface area contributed by atoms with Gasteiger partial charge in [0.25, 0.3) is 26.0 Å². The lowest BCUT2D eigenvalue weighted by atomic mass is 10.2. The number of carbonyl (C=O) groups excluding carboxylic acids is 1. The fourth-order valence-corrected chi connectivity index (χ4v) is 6.27. The summed E-state index contributed by atoms with van der Waals surface area (Å²) in [6.07, 6.45) is 0. The summed E-state index contributed by atoms with van der Waals surface area (Å²) in [5, 5.41) is 2.95. The molecule has 0 unspecified atom stereocenters. The summed E-state index contributed by atoms with van der Waals surface area (Å²) >= 11 is 12.1. The van der Waals surface area contributed by atoms with Crippen LogP contribution in [0.5, 0.6) is 0 Å². The van der Waals surface area contributed by atoms with Gasteiger partial charge in [-0.25, -0.2) is 16.8 Å². The monoisotopic (exact) mass is 589 g/mol. The Hall–Kier alpha value is -3.57. The molecule has 0 bridgehead atoms. The third-order valence-electron chi connectivity index (χ3n) is 5.25. The molecule has 0 spiro atoms. The van der Waals surface area contributed by atoms with Crippen molar-refractivity contribution < 1.29 is 21.6 Å². The Bertz CT molecular complexity index is 1730. The van der Waals surface area contributed by atoms with Crippen molar-refractivity contribution >= 4 is 66.2 Å². The molecule has 0 saturated carbocycles. The van der Waals surface area contributed by atoms with E-state index in [2.05, 4.69) is 14.8 Å². The number of benzene rings is 4. The number of nitrogens with one attached hydrogen (secondary N) is 3. The second-order valence-electron chi connectivity index (χ2n) is 8.21. The van der Waals surface area contributed by atoms with Crippen LogP contribution in [-0.2, 0) is 20.0 Å². The van der Waals surface area contributed by atoms with Gasteiger partial charge in [0.2, 0.25) is 0 Å². The highest BCUT2D eigenvalue weighted by atomic mass is 35.5. The maximum atomic E-state index is 13.0. The molecule has 0 aliphatic carbocycles. The van der Waals surface area contributed by atoms with Gasteiger partial charge in [-0.15, -0.1) is 0 Å². The quantitative estimate of drug-likeness (QED) is 0.227. The van der Waals surface area contributed by atoms with Gasteiger partial charge in [-0.2, -0.15) is 0 Å². The normalized spacial score (nSPS) is 11.6. The average Bonchev–Trinajstić information content (AvgIpc) is 2.84. The van der Waals surface area contributed by atoms with Crippen LogP contribution in [0.2, 0.25) is 10.0 Å². The van der Waals surface area contributed by atoms with E-state index in [0.717, 1.165) is 5.56 Å². The van der Waals surface area contributed by atoms with E-state index in [1.807, 2.05) is 13.0 Å². The Morgan fingerprint density at radius 1 is 0.684 bits per heavy atom. The molecule has 8 nitrogen and oxygen atoms in total. The minimum atomic E-state index is -4.08. The van der Waals surface area contributed by atoms with Crippen molar-refractivity contribution in [1.29, 1.82) is 0 Å². The molecule has 38 heavy (non-hydrogen) atoms. The first-order valence-electron chi connectivity index (χ1n) is 11.0. The van der Waals surface area contributed by atoms with E-state index in [0.29, 0.717) is 22.1 Å². The van der Waals surface area contributed by atoms with Crippen LogP contribution in [0.25, 0.3) is 0 Å². The molecule has 0 fully saturated rings. The molecule has 0 aromatic heterocycles. The van der Waals surface area contributed by atoms with Crippen molar-refractivity contribution in [3.05, 3.63) is 112 Å². The van der Waals surface area contributed by atoms with E-state index in [1.54, 1.807) is 36.4 Å². The lowest BCUT2D eigenvalue weighted by Gasteiger charge is -2.12. The Morgan fingerprint density at radius 2 is 1.32 bits per heavy atom. The summed E-state index contributed by atoms with van der Waals surface area (Å²) in [7, 11) is -7.98. The molecule has 3 N–H and O–H groups in total. The van der Waals surface area contributed by atoms with Gasteiger partial charge < -0.3 is 5.32 Å². The molecule has 0 heterocycles. The molecule has 0 aliphatic rings. The van der Waals surface area contributed by atoms with Gasteiger partial charge >= 0.3 is 0 Å². The summed E-state index contributed by atoms with van der Waals surface area (Å²) in [5.74, 6) is -0.610. The summed E-state index contributed by atoms with van der Waals surface area (Å²) in [4.78, 5) is 12.6. The van der Waals surface area contributed by atoms with Gasteiger partial charge in [-0.05, 0) is 85.3 Å². The van der Waals surface area contributed by atoms with Gasteiger partial charge in [-0.3, -0.25) is 14.2 Å². The van der Waals surface area contributed by atoms with E-state index in [-0.39, 0.29) is 20.4 Å². The molecule has 0 aliphatic heterocycles. The van der Waals surface area contributed by atoms with E-state index < -0.39 is 26.0 Å². The molecule has 0 saturated heterocycles. The molecule has 12 heteroatoms. The molecule has 4 rings (SSSR count). The molecule has 0 radical (unpaired) electrons. The average molecular weight is 591 g/mol. The number of anilines is 3. The van der Waals surface area contributed by atoms with Crippen LogP contribution in [0.4, 0.5) is 17.1 Å². The number of rotatable bonds is 8. The zero-order valence-electron chi connectivity index (χ0n) is 19.8. The number of hydrogen-bond donors (Lipinski definition) is 3. The minimum absolute atomic E-state index is 0.0300. The third kappa shape index (κ3) is 6.65. The van der Waals surface area contributed by atoms with Gasteiger partial charge in [0.05, 0.1) is 15.6 Å².